The molecule has 6 nitrogen and oxygen atoms in total. The second-order valence-electron chi connectivity index (χ2n) is 8.60. The van der Waals surface area contributed by atoms with Gasteiger partial charge in [0.05, 0.1) is 42.1 Å². The molecule has 0 radical (unpaired) electrons. The lowest BCUT2D eigenvalue weighted by atomic mass is 10.00. The lowest BCUT2D eigenvalue weighted by Crippen LogP contribution is -2.21. The average molecular weight is 527 g/mol. The molecule has 0 aliphatic carbocycles. The number of fused-ring (bicyclic) bond motifs is 1. The summed E-state index contributed by atoms with van der Waals surface area (Å²) in [5, 5.41) is 10.6. The predicted molar refractivity (Wildman–Crippen MR) is 150 cm³/mol. The maximum atomic E-state index is 6.37. The number of benzene rings is 3. The van der Waals surface area contributed by atoms with Gasteiger partial charge >= 0.3 is 0 Å². The van der Waals surface area contributed by atoms with Crippen LogP contribution in [-0.2, 0) is 0 Å². The fourth-order valence-electron chi connectivity index (χ4n) is 4.63. The molecule has 0 N–H and O–H groups in total. The van der Waals surface area contributed by atoms with Crippen molar-refractivity contribution in [2.45, 2.75) is 12.5 Å². The van der Waals surface area contributed by atoms with Crippen molar-refractivity contribution in [3.05, 3.63) is 99.7 Å². The second kappa shape index (κ2) is 9.84. The summed E-state index contributed by atoms with van der Waals surface area (Å²) in [5.41, 5.74) is 4.56. The van der Waals surface area contributed by atoms with Crippen molar-refractivity contribution in [3.8, 4) is 22.8 Å². The van der Waals surface area contributed by atoms with E-state index < -0.39 is 0 Å². The zero-order valence-electron chi connectivity index (χ0n) is 20.3. The van der Waals surface area contributed by atoms with Crippen LogP contribution < -0.4 is 14.5 Å². The van der Waals surface area contributed by atoms with Crippen LogP contribution in [0.4, 0.5) is 5.95 Å². The average Bonchev–Trinajstić information content (AvgIpc) is 3.63. The van der Waals surface area contributed by atoms with E-state index in [0.29, 0.717) is 17.4 Å². The summed E-state index contributed by atoms with van der Waals surface area (Å²) in [6.07, 6.45) is 0.686. The van der Waals surface area contributed by atoms with Gasteiger partial charge in [-0.1, -0.05) is 48.0 Å². The first-order chi connectivity index (χ1) is 18.1. The number of aromatic nitrogens is 2. The Morgan fingerprint density at radius 1 is 0.919 bits per heavy atom. The first-order valence-corrected chi connectivity index (χ1v) is 13.1. The van der Waals surface area contributed by atoms with E-state index in [0.717, 1.165) is 49.8 Å². The normalized spacial score (nSPS) is 15.2. The van der Waals surface area contributed by atoms with E-state index in [1.165, 1.54) is 0 Å². The summed E-state index contributed by atoms with van der Waals surface area (Å²) in [4.78, 5) is 11.1. The Morgan fingerprint density at radius 3 is 2.54 bits per heavy atom. The minimum atomic E-state index is -0.161. The number of rotatable bonds is 6. The molecule has 184 valence electrons. The third-order valence-corrected chi connectivity index (χ3v) is 7.57. The molecule has 1 atom stereocenters. The van der Waals surface area contributed by atoms with E-state index in [2.05, 4.69) is 11.4 Å². The molecule has 0 saturated heterocycles. The Bertz CT molecular complexity index is 1610. The highest BCUT2D eigenvalue weighted by Gasteiger charge is 2.34. The highest BCUT2D eigenvalue weighted by molar-refractivity contribution is 7.12. The lowest BCUT2D eigenvalue weighted by molar-refractivity contribution is 0.388. The number of thiophene rings is 1. The first kappa shape index (κ1) is 23.5. The molecule has 0 bridgehead atoms. The number of anilines is 1. The molecule has 1 aliphatic rings. The topological polar surface area (TPSA) is 59.8 Å². The van der Waals surface area contributed by atoms with Crippen LogP contribution in [0.3, 0.4) is 0 Å². The molecule has 1 aliphatic heterocycles. The summed E-state index contributed by atoms with van der Waals surface area (Å²) in [5.74, 6) is 1.98. The zero-order valence-corrected chi connectivity index (χ0v) is 21.8. The highest BCUT2D eigenvalue weighted by atomic mass is 35.5. The molecule has 3 heterocycles. The van der Waals surface area contributed by atoms with Gasteiger partial charge in [0.1, 0.15) is 11.5 Å². The molecule has 8 heteroatoms. The molecule has 0 amide bonds. The van der Waals surface area contributed by atoms with Gasteiger partial charge in [-0.3, -0.25) is 0 Å². The Hall–Kier alpha value is -3.94. The zero-order chi connectivity index (χ0) is 25.4. The van der Waals surface area contributed by atoms with Crippen LogP contribution in [-0.4, -0.2) is 29.9 Å². The fourth-order valence-corrected chi connectivity index (χ4v) is 5.52. The molecule has 2 aromatic heterocycles. The Morgan fingerprint density at radius 2 is 1.78 bits per heavy atom. The van der Waals surface area contributed by atoms with E-state index in [9.17, 15) is 0 Å². The minimum Gasteiger partial charge on any atom is -0.497 e. The van der Waals surface area contributed by atoms with Gasteiger partial charge in [0.15, 0.2) is 0 Å². The van der Waals surface area contributed by atoms with Gasteiger partial charge in [0.25, 0.3) is 0 Å². The van der Waals surface area contributed by atoms with Crippen molar-refractivity contribution >= 4 is 45.5 Å². The number of hydrazone groups is 1. The summed E-state index contributed by atoms with van der Waals surface area (Å²) < 4.78 is 11.2. The van der Waals surface area contributed by atoms with Crippen LogP contribution in [0.25, 0.3) is 22.2 Å². The summed E-state index contributed by atoms with van der Waals surface area (Å²) in [7, 11) is 3.32. The van der Waals surface area contributed by atoms with Gasteiger partial charge in [0, 0.05) is 34.0 Å². The number of hydrogen-bond acceptors (Lipinski definition) is 7. The smallest absolute Gasteiger partial charge is 0.247 e. The third-order valence-electron chi connectivity index (χ3n) is 6.41. The fraction of sp³-hybridized carbons (Fsp3) is 0.138. The van der Waals surface area contributed by atoms with Gasteiger partial charge in [-0.2, -0.15) is 5.10 Å². The standard InChI is InChI=1S/C29H23ClN4O2S/c1-35-20-11-12-21(26(16-20)36-2)25-17-24(27-9-6-14-37-27)33-34(25)29-31-23-13-10-19(30)15-22(23)28(32-29)18-7-4-3-5-8-18/h3-16,25H,17H2,1-2H3/t25-/m1/s1. The minimum absolute atomic E-state index is 0.161. The van der Waals surface area contributed by atoms with Crippen LogP contribution >= 0.6 is 22.9 Å². The van der Waals surface area contributed by atoms with E-state index >= 15 is 0 Å². The molecule has 3 aromatic carbocycles. The number of halogens is 1. The van der Waals surface area contributed by atoms with E-state index in [-0.39, 0.29) is 6.04 Å². The monoisotopic (exact) mass is 526 g/mol. The van der Waals surface area contributed by atoms with Gasteiger partial charge in [0.2, 0.25) is 5.95 Å². The van der Waals surface area contributed by atoms with Crippen LogP contribution in [0, 0.1) is 0 Å². The Kier molecular flexibility index (Phi) is 6.24. The molecule has 0 saturated carbocycles. The van der Waals surface area contributed by atoms with Crippen molar-refractivity contribution in [2.75, 3.05) is 19.2 Å². The summed E-state index contributed by atoms with van der Waals surface area (Å²) in [6.45, 7) is 0. The SMILES string of the molecule is COc1ccc([C@H]2CC(c3cccs3)=NN2c2nc(-c3ccccc3)c3cc(Cl)ccc3n2)c(OC)c1. The number of ether oxygens (including phenoxy) is 2. The Balaban J connectivity index is 1.55. The number of hydrogen-bond donors (Lipinski definition) is 0. The lowest BCUT2D eigenvalue weighted by Gasteiger charge is -2.24. The van der Waals surface area contributed by atoms with Crippen molar-refractivity contribution in [1.29, 1.82) is 0 Å². The van der Waals surface area contributed by atoms with Crippen LogP contribution in [0.5, 0.6) is 11.5 Å². The summed E-state index contributed by atoms with van der Waals surface area (Å²) in [6, 6.07) is 25.6. The highest BCUT2D eigenvalue weighted by Crippen LogP contribution is 2.42. The van der Waals surface area contributed by atoms with Gasteiger partial charge in [-0.25, -0.2) is 15.0 Å². The van der Waals surface area contributed by atoms with Crippen molar-refractivity contribution in [3.63, 3.8) is 0 Å². The van der Waals surface area contributed by atoms with E-state index in [1.54, 1.807) is 25.6 Å². The summed E-state index contributed by atoms with van der Waals surface area (Å²) >= 11 is 8.04. The molecule has 0 fully saturated rings. The van der Waals surface area contributed by atoms with E-state index in [4.69, 9.17) is 36.1 Å². The van der Waals surface area contributed by atoms with Crippen molar-refractivity contribution < 1.29 is 9.47 Å². The molecule has 37 heavy (non-hydrogen) atoms. The molecule has 0 unspecified atom stereocenters. The van der Waals surface area contributed by atoms with E-state index in [1.807, 2.05) is 77.8 Å². The largest absolute Gasteiger partial charge is 0.497 e. The van der Waals surface area contributed by atoms with Crippen LogP contribution in [0.15, 0.2) is 89.3 Å². The molecule has 6 rings (SSSR count). The molecule has 5 aromatic rings. The number of nitrogens with zero attached hydrogens (tertiary/aromatic N) is 4. The third kappa shape index (κ3) is 4.41. The molecular weight excluding hydrogens is 504 g/mol. The Labute approximate surface area is 223 Å². The first-order valence-electron chi connectivity index (χ1n) is 11.8. The molecule has 0 spiro atoms. The van der Waals surface area contributed by atoms with Gasteiger partial charge < -0.3 is 9.47 Å². The quantitative estimate of drug-likeness (QED) is 0.231. The van der Waals surface area contributed by atoms with Crippen molar-refractivity contribution in [2.24, 2.45) is 5.10 Å². The van der Waals surface area contributed by atoms with Gasteiger partial charge in [-0.05, 0) is 41.8 Å². The van der Waals surface area contributed by atoms with Crippen LogP contribution in [0.2, 0.25) is 5.02 Å². The van der Waals surface area contributed by atoms with Crippen LogP contribution in [0.1, 0.15) is 22.9 Å². The van der Waals surface area contributed by atoms with Gasteiger partial charge in [-0.15, -0.1) is 11.3 Å². The number of methoxy groups -OCH3 is 2. The molecular formula is C29H23ClN4O2S. The second-order valence-corrected chi connectivity index (χ2v) is 9.98. The van der Waals surface area contributed by atoms with Crippen molar-refractivity contribution in [1.82, 2.24) is 9.97 Å². The maximum absolute atomic E-state index is 6.37. The predicted octanol–water partition coefficient (Wildman–Crippen LogP) is 7.38. The maximum Gasteiger partial charge on any atom is 0.247 e.